The molecule has 82 valence electrons. The molecule has 15 heavy (non-hydrogen) atoms. The van der Waals surface area contributed by atoms with Crippen LogP contribution in [0, 0.1) is 6.92 Å². The molecule has 1 heterocycles. The third-order valence-corrected chi connectivity index (χ3v) is 3.13. The van der Waals surface area contributed by atoms with Crippen molar-refractivity contribution in [2.24, 2.45) is 5.73 Å². The standard InChI is InChI=1S/C12H17FN2/c1-9-5-10(8-15-7-9)12(13)4-2-3-11(14)6-12/h5,7-8,11H,2-4,6,14H2,1H3. The Balaban J connectivity index is 2.28. The molecule has 0 amide bonds. The fourth-order valence-corrected chi connectivity index (χ4v) is 2.33. The summed E-state index contributed by atoms with van der Waals surface area (Å²) in [7, 11) is 0. The number of alkyl halides is 1. The summed E-state index contributed by atoms with van der Waals surface area (Å²) in [6.07, 6.45) is 6.18. The van der Waals surface area contributed by atoms with Gasteiger partial charge in [-0.25, -0.2) is 4.39 Å². The normalized spacial score (nSPS) is 31.5. The number of rotatable bonds is 1. The third-order valence-electron chi connectivity index (χ3n) is 3.13. The van der Waals surface area contributed by atoms with E-state index in [4.69, 9.17) is 5.73 Å². The summed E-state index contributed by atoms with van der Waals surface area (Å²) in [5, 5.41) is 0. The minimum Gasteiger partial charge on any atom is -0.328 e. The highest BCUT2D eigenvalue weighted by atomic mass is 19.1. The molecule has 3 heteroatoms. The van der Waals surface area contributed by atoms with Crippen molar-refractivity contribution < 1.29 is 4.39 Å². The van der Waals surface area contributed by atoms with Crippen molar-refractivity contribution in [3.63, 3.8) is 0 Å². The van der Waals surface area contributed by atoms with Crippen LogP contribution in [0.1, 0.15) is 36.8 Å². The number of hydrogen-bond acceptors (Lipinski definition) is 2. The van der Waals surface area contributed by atoms with E-state index in [9.17, 15) is 4.39 Å². The summed E-state index contributed by atoms with van der Waals surface area (Å²) >= 11 is 0. The van der Waals surface area contributed by atoms with Crippen LogP contribution in [0.3, 0.4) is 0 Å². The zero-order valence-corrected chi connectivity index (χ0v) is 9.04. The molecule has 0 radical (unpaired) electrons. The highest BCUT2D eigenvalue weighted by Gasteiger charge is 2.37. The minimum absolute atomic E-state index is 0.00994. The first-order chi connectivity index (χ1) is 7.10. The summed E-state index contributed by atoms with van der Waals surface area (Å²) in [5.74, 6) is 0. The molecular formula is C12H17FN2. The predicted molar refractivity (Wildman–Crippen MR) is 58.2 cm³/mol. The van der Waals surface area contributed by atoms with E-state index < -0.39 is 5.67 Å². The molecule has 1 aliphatic carbocycles. The average Bonchev–Trinajstić information content (AvgIpc) is 2.17. The van der Waals surface area contributed by atoms with Gasteiger partial charge in [-0.05, 0) is 37.8 Å². The molecular weight excluding hydrogens is 191 g/mol. The highest BCUT2D eigenvalue weighted by molar-refractivity contribution is 5.24. The predicted octanol–water partition coefficient (Wildman–Crippen LogP) is 2.46. The quantitative estimate of drug-likeness (QED) is 0.770. The fourth-order valence-electron chi connectivity index (χ4n) is 2.33. The van der Waals surface area contributed by atoms with Crippen molar-refractivity contribution in [1.82, 2.24) is 4.98 Å². The molecule has 1 saturated carbocycles. The van der Waals surface area contributed by atoms with Crippen LogP contribution < -0.4 is 5.73 Å². The summed E-state index contributed by atoms with van der Waals surface area (Å²) in [6.45, 7) is 1.93. The number of nitrogens with zero attached hydrogens (tertiary/aromatic N) is 1. The maximum absolute atomic E-state index is 14.6. The molecule has 0 aromatic carbocycles. The molecule has 1 fully saturated rings. The van der Waals surface area contributed by atoms with Gasteiger partial charge in [-0.15, -0.1) is 0 Å². The summed E-state index contributed by atoms with van der Waals surface area (Å²) < 4.78 is 14.6. The molecule has 2 N–H and O–H groups in total. The van der Waals surface area contributed by atoms with Crippen LogP contribution in [0.15, 0.2) is 18.5 Å². The second-order valence-electron chi connectivity index (χ2n) is 4.57. The van der Waals surface area contributed by atoms with Crippen LogP contribution in [0.2, 0.25) is 0 Å². The summed E-state index contributed by atoms with van der Waals surface area (Å²) in [6, 6.07) is 1.87. The lowest BCUT2D eigenvalue weighted by molar-refractivity contribution is 0.0943. The van der Waals surface area contributed by atoms with Gasteiger partial charge in [0.2, 0.25) is 0 Å². The van der Waals surface area contributed by atoms with E-state index in [0.29, 0.717) is 18.4 Å². The number of pyridine rings is 1. The first-order valence-electron chi connectivity index (χ1n) is 5.47. The molecule has 2 nitrogen and oxygen atoms in total. The van der Waals surface area contributed by atoms with Crippen molar-refractivity contribution in [3.8, 4) is 0 Å². The van der Waals surface area contributed by atoms with Gasteiger partial charge in [-0.3, -0.25) is 4.98 Å². The molecule has 0 aliphatic heterocycles. The van der Waals surface area contributed by atoms with E-state index >= 15 is 0 Å². The lowest BCUT2D eigenvalue weighted by atomic mass is 9.79. The van der Waals surface area contributed by atoms with E-state index in [1.165, 1.54) is 0 Å². The number of halogens is 1. The Morgan fingerprint density at radius 1 is 1.53 bits per heavy atom. The molecule has 0 bridgehead atoms. The van der Waals surface area contributed by atoms with Crippen molar-refractivity contribution in [1.29, 1.82) is 0 Å². The first-order valence-corrected chi connectivity index (χ1v) is 5.47. The van der Waals surface area contributed by atoms with E-state index in [1.54, 1.807) is 12.4 Å². The van der Waals surface area contributed by atoms with Gasteiger partial charge < -0.3 is 5.73 Å². The van der Waals surface area contributed by atoms with Crippen LogP contribution in [-0.2, 0) is 5.67 Å². The van der Waals surface area contributed by atoms with Gasteiger partial charge in [0.05, 0.1) is 0 Å². The Bertz CT molecular complexity index is 353. The van der Waals surface area contributed by atoms with Crippen molar-refractivity contribution >= 4 is 0 Å². The molecule has 2 rings (SSSR count). The highest BCUT2D eigenvalue weighted by Crippen LogP contribution is 2.40. The van der Waals surface area contributed by atoms with E-state index in [1.807, 2.05) is 13.0 Å². The van der Waals surface area contributed by atoms with Crippen molar-refractivity contribution in [2.75, 3.05) is 0 Å². The van der Waals surface area contributed by atoms with Gasteiger partial charge in [-0.2, -0.15) is 0 Å². The maximum atomic E-state index is 14.6. The van der Waals surface area contributed by atoms with Crippen LogP contribution >= 0.6 is 0 Å². The van der Waals surface area contributed by atoms with Crippen LogP contribution in [0.4, 0.5) is 4.39 Å². The number of aromatic nitrogens is 1. The Hall–Kier alpha value is -0.960. The summed E-state index contributed by atoms with van der Waals surface area (Å²) in [5.41, 5.74) is 6.27. The molecule has 1 aliphatic rings. The molecule has 1 aromatic rings. The summed E-state index contributed by atoms with van der Waals surface area (Å²) in [4.78, 5) is 4.05. The molecule has 1 aromatic heterocycles. The fraction of sp³-hybridized carbons (Fsp3) is 0.583. The van der Waals surface area contributed by atoms with Gasteiger partial charge >= 0.3 is 0 Å². The van der Waals surface area contributed by atoms with E-state index in [2.05, 4.69) is 4.98 Å². The van der Waals surface area contributed by atoms with Crippen LogP contribution in [0.25, 0.3) is 0 Å². The van der Waals surface area contributed by atoms with Gasteiger partial charge in [0.25, 0.3) is 0 Å². The van der Waals surface area contributed by atoms with Gasteiger partial charge in [0, 0.05) is 30.4 Å². The molecule has 0 spiro atoms. The largest absolute Gasteiger partial charge is 0.328 e. The smallest absolute Gasteiger partial charge is 0.139 e. The Labute approximate surface area is 89.7 Å². The second kappa shape index (κ2) is 3.89. The molecule has 2 unspecified atom stereocenters. The average molecular weight is 208 g/mol. The Kier molecular flexibility index (Phi) is 2.74. The first kappa shape index (κ1) is 10.6. The maximum Gasteiger partial charge on any atom is 0.139 e. The van der Waals surface area contributed by atoms with Gasteiger partial charge in [-0.1, -0.05) is 0 Å². The van der Waals surface area contributed by atoms with E-state index in [-0.39, 0.29) is 6.04 Å². The monoisotopic (exact) mass is 208 g/mol. The lowest BCUT2D eigenvalue weighted by Crippen LogP contribution is -2.36. The van der Waals surface area contributed by atoms with Crippen molar-refractivity contribution in [2.45, 2.75) is 44.3 Å². The van der Waals surface area contributed by atoms with Crippen LogP contribution in [0.5, 0.6) is 0 Å². The zero-order valence-electron chi connectivity index (χ0n) is 9.04. The second-order valence-corrected chi connectivity index (χ2v) is 4.57. The Morgan fingerprint density at radius 2 is 2.33 bits per heavy atom. The topological polar surface area (TPSA) is 38.9 Å². The SMILES string of the molecule is Cc1cncc(C2(F)CCCC(N)C2)c1. The van der Waals surface area contributed by atoms with Crippen LogP contribution in [-0.4, -0.2) is 11.0 Å². The lowest BCUT2D eigenvalue weighted by Gasteiger charge is -2.33. The van der Waals surface area contributed by atoms with Gasteiger partial charge in [0.15, 0.2) is 0 Å². The van der Waals surface area contributed by atoms with E-state index in [0.717, 1.165) is 18.4 Å². The molecule has 2 atom stereocenters. The minimum atomic E-state index is -1.25. The van der Waals surface area contributed by atoms with Gasteiger partial charge in [0.1, 0.15) is 5.67 Å². The third kappa shape index (κ3) is 2.17. The number of nitrogens with two attached hydrogens (primary N) is 1. The number of aryl methyl sites for hydroxylation is 1. The van der Waals surface area contributed by atoms with Crippen molar-refractivity contribution in [3.05, 3.63) is 29.6 Å². The zero-order chi connectivity index (χ0) is 10.9. The Morgan fingerprint density at radius 3 is 3.00 bits per heavy atom. The number of hydrogen-bond donors (Lipinski definition) is 1. The molecule has 0 saturated heterocycles.